The number of nitrogens with two attached hydrogens (primary N) is 1. The van der Waals surface area contributed by atoms with E-state index in [4.69, 9.17) is 10.6 Å². The van der Waals surface area contributed by atoms with Gasteiger partial charge in [-0.2, -0.15) is 4.98 Å². The molecule has 2 aromatic rings. The first kappa shape index (κ1) is 14.6. The highest BCUT2D eigenvalue weighted by Gasteiger charge is 2.20. The Balaban J connectivity index is 2.45. The molecule has 21 heavy (non-hydrogen) atoms. The molecule has 9 heteroatoms. The van der Waals surface area contributed by atoms with Crippen molar-refractivity contribution >= 4 is 11.6 Å². The molecule has 3 N–H and O–H groups in total. The monoisotopic (exact) mass is 290 g/mol. The first-order valence-corrected chi connectivity index (χ1v) is 6.17. The lowest BCUT2D eigenvalue weighted by atomic mass is 10.2. The first-order valence-electron chi connectivity index (χ1n) is 6.17. The van der Waals surface area contributed by atoms with Crippen LogP contribution < -0.4 is 16.0 Å². The topological polar surface area (TPSA) is 129 Å². The normalized spacial score (nSPS) is 10.2. The Morgan fingerprint density at radius 3 is 2.81 bits per heavy atom. The van der Waals surface area contributed by atoms with Crippen LogP contribution in [0.15, 0.2) is 18.3 Å². The lowest BCUT2D eigenvalue weighted by Gasteiger charge is -2.10. The number of aryl methyl sites for hydroxylation is 2. The van der Waals surface area contributed by atoms with Crippen LogP contribution in [0, 0.1) is 17.0 Å². The maximum absolute atomic E-state index is 11.0. The van der Waals surface area contributed by atoms with E-state index in [1.54, 1.807) is 12.1 Å². The summed E-state index contributed by atoms with van der Waals surface area (Å²) in [7, 11) is 0. The highest BCUT2D eigenvalue weighted by atomic mass is 16.6. The fourth-order valence-electron chi connectivity index (χ4n) is 1.68. The van der Waals surface area contributed by atoms with Crippen LogP contribution in [0.2, 0.25) is 0 Å². The van der Waals surface area contributed by atoms with E-state index in [9.17, 15) is 10.1 Å². The summed E-state index contributed by atoms with van der Waals surface area (Å²) < 4.78 is 5.54. The molecule has 0 atom stereocenters. The van der Waals surface area contributed by atoms with Crippen LogP contribution in [0.5, 0.6) is 11.6 Å². The zero-order valence-corrected chi connectivity index (χ0v) is 11.5. The summed E-state index contributed by atoms with van der Waals surface area (Å²) in [6.45, 7) is 3.77. The van der Waals surface area contributed by atoms with Crippen LogP contribution in [0.3, 0.4) is 0 Å². The number of nitrogens with zero attached hydrogens (tertiary/aromatic N) is 4. The quantitative estimate of drug-likeness (QED) is 0.483. The zero-order valence-electron chi connectivity index (χ0n) is 11.5. The van der Waals surface area contributed by atoms with Gasteiger partial charge < -0.3 is 4.74 Å². The molecule has 0 aliphatic carbocycles. The minimum atomic E-state index is -0.622. The summed E-state index contributed by atoms with van der Waals surface area (Å²) in [6, 6.07) is 3.45. The van der Waals surface area contributed by atoms with E-state index in [-0.39, 0.29) is 17.5 Å². The zero-order chi connectivity index (χ0) is 15.4. The molecule has 0 unspecified atom stereocenters. The van der Waals surface area contributed by atoms with Crippen molar-refractivity contribution in [3.63, 3.8) is 0 Å². The van der Waals surface area contributed by atoms with Gasteiger partial charge in [0.15, 0.2) is 5.75 Å². The van der Waals surface area contributed by atoms with Crippen molar-refractivity contribution in [3.8, 4) is 11.6 Å². The Labute approximate surface area is 120 Å². The second-order valence-corrected chi connectivity index (χ2v) is 4.14. The van der Waals surface area contributed by atoms with Crippen molar-refractivity contribution in [3.05, 3.63) is 39.8 Å². The number of rotatable bonds is 5. The molecule has 0 saturated heterocycles. The van der Waals surface area contributed by atoms with Gasteiger partial charge in [-0.1, -0.05) is 6.92 Å². The van der Waals surface area contributed by atoms with Crippen LogP contribution in [-0.4, -0.2) is 19.9 Å². The molecule has 0 amide bonds. The summed E-state index contributed by atoms with van der Waals surface area (Å²) in [6.07, 6.45) is 1.66. The van der Waals surface area contributed by atoms with Crippen molar-refractivity contribution in [2.75, 3.05) is 5.43 Å². The maximum Gasteiger partial charge on any atom is 0.349 e. The molecule has 0 radical (unpaired) electrons. The number of nitrogens with one attached hydrogen (secondary N) is 1. The van der Waals surface area contributed by atoms with Crippen LogP contribution >= 0.6 is 0 Å². The maximum atomic E-state index is 11.0. The molecule has 110 valence electrons. The first-order chi connectivity index (χ1) is 10.0. The number of hydrogen-bond donors (Lipinski definition) is 2. The fraction of sp³-hybridized carbons (Fsp3) is 0.250. The number of nitro groups is 1. The predicted octanol–water partition coefficient (Wildman–Crippen LogP) is 1.73. The number of anilines is 1. The van der Waals surface area contributed by atoms with E-state index in [1.807, 2.05) is 13.8 Å². The van der Waals surface area contributed by atoms with Gasteiger partial charge in [-0.25, -0.2) is 10.8 Å². The lowest BCUT2D eigenvalue weighted by Crippen LogP contribution is -2.11. The van der Waals surface area contributed by atoms with Crippen LogP contribution in [0.25, 0.3) is 0 Å². The van der Waals surface area contributed by atoms with Crippen molar-refractivity contribution in [1.82, 2.24) is 15.0 Å². The Morgan fingerprint density at radius 2 is 2.19 bits per heavy atom. The molecule has 0 saturated carbocycles. The van der Waals surface area contributed by atoms with Crippen LogP contribution in [-0.2, 0) is 6.42 Å². The summed E-state index contributed by atoms with van der Waals surface area (Å²) in [5, 5.41) is 11.0. The smallest absolute Gasteiger partial charge is 0.349 e. The van der Waals surface area contributed by atoms with Gasteiger partial charge >= 0.3 is 11.6 Å². The number of hydrogen-bond acceptors (Lipinski definition) is 8. The minimum absolute atomic E-state index is 0.0220. The second-order valence-electron chi connectivity index (χ2n) is 4.14. The van der Waals surface area contributed by atoms with E-state index < -0.39 is 4.92 Å². The van der Waals surface area contributed by atoms with E-state index in [2.05, 4.69) is 20.4 Å². The Hall–Kier alpha value is -2.81. The molecule has 0 aromatic carbocycles. The highest BCUT2D eigenvalue weighted by molar-refractivity contribution is 5.45. The van der Waals surface area contributed by atoms with Crippen molar-refractivity contribution < 1.29 is 9.66 Å². The molecular formula is C12H14N6O3. The summed E-state index contributed by atoms with van der Waals surface area (Å²) in [4.78, 5) is 22.3. The number of hydrazine groups is 1. The molecule has 9 nitrogen and oxygen atoms in total. The van der Waals surface area contributed by atoms with Gasteiger partial charge in [0.1, 0.15) is 6.20 Å². The number of ether oxygens (including phenoxy) is 1. The molecule has 2 rings (SSSR count). The van der Waals surface area contributed by atoms with E-state index in [0.717, 1.165) is 11.9 Å². The summed E-state index contributed by atoms with van der Waals surface area (Å²) >= 11 is 0. The molecule has 0 fully saturated rings. The lowest BCUT2D eigenvalue weighted by molar-refractivity contribution is -0.386. The third-order valence-electron chi connectivity index (χ3n) is 2.67. The van der Waals surface area contributed by atoms with Gasteiger partial charge in [0.25, 0.3) is 0 Å². The standard InChI is InChI=1S/C12H14N6O3/c1-3-8-10(5-4-7(2)15-8)21-11-9(18(19)20)6-14-12(16-11)17-13/h4-6H,3,13H2,1-2H3,(H,14,16,17). The number of nitrogen functional groups attached to an aromatic ring is 1. The van der Waals surface area contributed by atoms with Gasteiger partial charge in [-0.15, -0.1) is 0 Å². The van der Waals surface area contributed by atoms with E-state index >= 15 is 0 Å². The number of aromatic nitrogens is 3. The molecule has 0 spiro atoms. The minimum Gasteiger partial charge on any atom is -0.432 e. The van der Waals surface area contributed by atoms with Crippen LogP contribution in [0.4, 0.5) is 11.6 Å². The molecule has 0 bridgehead atoms. The van der Waals surface area contributed by atoms with E-state index in [1.165, 1.54) is 0 Å². The van der Waals surface area contributed by atoms with Gasteiger partial charge in [-0.3, -0.25) is 20.5 Å². The Bertz CT molecular complexity index is 676. The summed E-state index contributed by atoms with van der Waals surface area (Å²) in [5.74, 6) is 5.44. The Morgan fingerprint density at radius 1 is 1.43 bits per heavy atom. The molecule has 0 aliphatic rings. The van der Waals surface area contributed by atoms with Crippen molar-refractivity contribution in [2.45, 2.75) is 20.3 Å². The van der Waals surface area contributed by atoms with Crippen molar-refractivity contribution in [2.24, 2.45) is 5.84 Å². The van der Waals surface area contributed by atoms with Crippen molar-refractivity contribution in [1.29, 1.82) is 0 Å². The van der Waals surface area contributed by atoms with Gasteiger partial charge in [0.05, 0.1) is 10.6 Å². The molecule has 2 heterocycles. The van der Waals surface area contributed by atoms with Gasteiger partial charge in [0, 0.05) is 5.69 Å². The van der Waals surface area contributed by atoms with Gasteiger partial charge in [0.2, 0.25) is 5.95 Å². The predicted molar refractivity (Wildman–Crippen MR) is 74.9 cm³/mol. The second kappa shape index (κ2) is 6.09. The average Bonchev–Trinajstić information content (AvgIpc) is 2.48. The van der Waals surface area contributed by atoms with Crippen LogP contribution in [0.1, 0.15) is 18.3 Å². The SMILES string of the molecule is CCc1nc(C)ccc1Oc1nc(NN)ncc1[N+](=O)[O-]. The highest BCUT2D eigenvalue weighted by Crippen LogP contribution is 2.31. The molecule has 2 aromatic heterocycles. The third-order valence-corrected chi connectivity index (χ3v) is 2.67. The largest absolute Gasteiger partial charge is 0.432 e. The number of pyridine rings is 1. The third kappa shape index (κ3) is 3.20. The molecular weight excluding hydrogens is 276 g/mol. The summed E-state index contributed by atoms with van der Waals surface area (Å²) in [5.41, 5.74) is 3.39. The van der Waals surface area contributed by atoms with Gasteiger partial charge in [-0.05, 0) is 25.5 Å². The van der Waals surface area contributed by atoms with E-state index in [0.29, 0.717) is 17.9 Å². The molecule has 0 aliphatic heterocycles. The fourth-order valence-corrected chi connectivity index (χ4v) is 1.68. The Kier molecular flexibility index (Phi) is 4.24. The average molecular weight is 290 g/mol.